The molecule has 12 nitrogen and oxygen atoms in total. The Bertz CT molecular complexity index is 1800. The zero-order valence-corrected chi connectivity index (χ0v) is 26.6. The molecule has 4 aromatic rings. The number of carbonyl (C=O) groups excluding carboxylic acids is 2. The fourth-order valence-electron chi connectivity index (χ4n) is 5.02. The van der Waals surface area contributed by atoms with Gasteiger partial charge in [-0.2, -0.15) is 20.5 Å². The van der Waals surface area contributed by atoms with Crippen LogP contribution in [0.5, 0.6) is 0 Å². The van der Waals surface area contributed by atoms with Crippen molar-refractivity contribution in [3.8, 4) is 12.1 Å². The number of benzene rings is 2. The number of unbranched alkanes of at least 4 members (excludes halogenated alkanes) is 1. The van der Waals surface area contributed by atoms with Crippen molar-refractivity contribution in [3.63, 3.8) is 0 Å². The predicted molar refractivity (Wildman–Crippen MR) is 176 cm³/mol. The molecule has 2 N–H and O–H groups in total. The van der Waals surface area contributed by atoms with Crippen molar-refractivity contribution in [1.82, 2.24) is 10.6 Å². The van der Waals surface area contributed by atoms with Gasteiger partial charge in [0, 0.05) is 73.5 Å². The molecule has 238 valence electrons. The molecule has 0 saturated carbocycles. The number of fused-ring (bicyclic) bond motifs is 2. The van der Waals surface area contributed by atoms with E-state index in [4.69, 9.17) is 8.83 Å². The van der Waals surface area contributed by atoms with Crippen LogP contribution in [0.4, 0.5) is 21.0 Å². The summed E-state index contributed by atoms with van der Waals surface area (Å²) < 4.78 is 11.7. The van der Waals surface area contributed by atoms with E-state index in [-0.39, 0.29) is 22.2 Å². The van der Waals surface area contributed by atoms with Crippen LogP contribution in [0.25, 0.3) is 21.9 Å². The van der Waals surface area contributed by atoms with Crippen molar-refractivity contribution in [2.45, 2.75) is 40.5 Å². The van der Waals surface area contributed by atoms with Crippen molar-refractivity contribution in [1.29, 1.82) is 10.5 Å². The van der Waals surface area contributed by atoms with Crippen LogP contribution in [-0.4, -0.2) is 51.3 Å². The van der Waals surface area contributed by atoms with Gasteiger partial charge >= 0.3 is 12.1 Å². The summed E-state index contributed by atoms with van der Waals surface area (Å²) in [6.07, 6.45) is 1.10. The topological polar surface area (TPSA) is 163 Å². The van der Waals surface area contributed by atoms with Gasteiger partial charge in [-0.25, -0.2) is 9.59 Å². The molecular weight excluding hydrogens is 584 g/mol. The first-order valence-corrected chi connectivity index (χ1v) is 15.4. The van der Waals surface area contributed by atoms with Gasteiger partial charge in [0.1, 0.15) is 34.4 Å². The maximum absolute atomic E-state index is 12.5. The third kappa shape index (κ3) is 8.10. The molecule has 0 aliphatic heterocycles. The second kappa shape index (κ2) is 15.9. The molecule has 0 saturated heterocycles. The molecule has 2 aromatic carbocycles. The molecule has 0 radical (unpaired) electrons. The highest BCUT2D eigenvalue weighted by Gasteiger charge is 2.11. The van der Waals surface area contributed by atoms with Crippen LogP contribution in [0.3, 0.4) is 0 Å². The molecule has 0 unspecified atom stereocenters. The fraction of sp³-hybridized carbons (Fsp3) is 0.353. The van der Waals surface area contributed by atoms with Crippen LogP contribution < -0.4 is 31.5 Å². The number of hydrogen-bond acceptors (Lipinski definition) is 8. The Kier molecular flexibility index (Phi) is 11.5. The monoisotopic (exact) mass is 622 g/mol. The number of hydrogen-bond donors (Lipinski definition) is 2. The smallest absolute Gasteiger partial charge is 0.344 e. The largest absolute Gasteiger partial charge is 0.437 e. The third-order valence-electron chi connectivity index (χ3n) is 7.53. The molecule has 4 amide bonds. The normalized spacial score (nSPS) is 11.7. The molecule has 4 rings (SSSR count). The maximum Gasteiger partial charge on any atom is 0.344 e. The number of rotatable bonds is 11. The van der Waals surface area contributed by atoms with Crippen LogP contribution in [0.15, 0.2) is 67.4 Å². The summed E-state index contributed by atoms with van der Waals surface area (Å²) in [5.41, 5.74) is 3.21. The highest BCUT2D eigenvalue weighted by molar-refractivity contribution is 5.83. The number of amides is 4. The average Bonchev–Trinajstić information content (AvgIpc) is 3.06. The number of carbonyl (C=O) groups is 2. The van der Waals surface area contributed by atoms with Gasteiger partial charge in [0.05, 0.1) is 0 Å². The highest BCUT2D eigenvalue weighted by atomic mass is 16.3. The van der Waals surface area contributed by atoms with Crippen molar-refractivity contribution in [3.05, 3.63) is 70.8 Å². The summed E-state index contributed by atoms with van der Waals surface area (Å²) in [7, 11) is 0. The Morgan fingerprint density at radius 3 is 1.41 bits per heavy atom. The minimum Gasteiger partial charge on any atom is -0.437 e. The molecule has 46 heavy (non-hydrogen) atoms. The first-order valence-electron chi connectivity index (χ1n) is 15.4. The molecule has 0 aliphatic rings. The SMILES string of the molecule is CCN(CC)c1ccc2cc(C#N)/c(=N\C(=O)NCCCCNC(=O)/N=c3/oc4cc(N(CC)CC)ccc4cc3C#N)oc2c1. The minimum atomic E-state index is -0.635. The molecule has 0 atom stereocenters. The average molecular weight is 623 g/mol. The van der Waals surface area contributed by atoms with Crippen molar-refractivity contribution < 1.29 is 18.4 Å². The van der Waals surface area contributed by atoms with Gasteiger partial charge in [0.15, 0.2) is 0 Å². The lowest BCUT2D eigenvalue weighted by molar-refractivity contribution is 0.245. The van der Waals surface area contributed by atoms with Gasteiger partial charge in [0.2, 0.25) is 11.1 Å². The summed E-state index contributed by atoms with van der Waals surface area (Å²) in [5.74, 6) is 0. The number of nitriles is 2. The number of urea groups is 2. The Labute approximate surface area is 267 Å². The molecule has 0 fully saturated rings. The van der Waals surface area contributed by atoms with Crippen molar-refractivity contribution >= 4 is 45.4 Å². The van der Waals surface area contributed by atoms with Crippen LogP contribution in [0, 0.1) is 22.7 Å². The van der Waals surface area contributed by atoms with E-state index in [0.29, 0.717) is 37.1 Å². The summed E-state index contributed by atoms with van der Waals surface area (Å²) in [5, 5.41) is 26.0. The fourth-order valence-corrected chi connectivity index (χ4v) is 5.02. The summed E-state index contributed by atoms with van der Waals surface area (Å²) in [4.78, 5) is 37.3. The van der Waals surface area contributed by atoms with E-state index in [1.54, 1.807) is 12.1 Å². The first kappa shape index (κ1) is 33.3. The molecule has 12 heteroatoms. The Hall–Kier alpha value is -5.62. The van der Waals surface area contributed by atoms with Crippen LogP contribution >= 0.6 is 0 Å². The Balaban J connectivity index is 1.34. The number of nitrogens with one attached hydrogen (secondary N) is 2. The van der Waals surface area contributed by atoms with Crippen LogP contribution in [0.2, 0.25) is 0 Å². The molecule has 0 spiro atoms. The zero-order valence-electron chi connectivity index (χ0n) is 26.6. The Morgan fingerprint density at radius 1 is 0.674 bits per heavy atom. The van der Waals surface area contributed by atoms with E-state index in [2.05, 4.69) is 58.1 Å². The van der Waals surface area contributed by atoms with E-state index in [0.717, 1.165) is 48.3 Å². The molecule has 2 aromatic heterocycles. The quantitative estimate of drug-likeness (QED) is 0.212. The Morgan fingerprint density at radius 2 is 1.07 bits per heavy atom. The van der Waals surface area contributed by atoms with Gasteiger partial charge in [-0.3, -0.25) is 0 Å². The predicted octanol–water partition coefficient (Wildman–Crippen LogP) is 5.32. The van der Waals surface area contributed by atoms with Gasteiger partial charge < -0.3 is 29.3 Å². The molecule has 2 heterocycles. The third-order valence-corrected chi connectivity index (χ3v) is 7.53. The zero-order chi connectivity index (χ0) is 33.1. The molecule has 0 bridgehead atoms. The number of nitrogens with zero attached hydrogens (tertiary/aromatic N) is 6. The highest BCUT2D eigenvalue weighted by Crippen LogP contribution is 2.23. The van der Waals surface area contributed by atoms with Gasteiger partial charge in [-0.1, -0.05) is 0 Å². The first-order chi connectivity index (χ1) is 22.3. The van der Waals surface area contributed by atoms with Crippen molar-refractivity contribution in [2.75, 3.05) is 49.1 Å². The van der Waals surface area contributed by atoms with Gasteiger partial charge in [-0.15, -0.1) is 0 Å². The summed E-state index contributed by atoms with van der Waals surface area (Å²) in [6.45, 7) is 12.2. The van der Waals surface area contributed by atoms with E-state index in [9.17, 15) is 20.1 Å². The van der Waals surface area contributed by atoms with E-state index >= 15 is 0 Å². The molecule has 0 aliphatic carbocycles. The maximum atomic E-state index is 12.5. The van der Waals surface area contributed by atoms with Gasteiger partial charge in [-0.05, 0) is 76.9 Å². The van der Waals surface area contributed by atoms with Gasteiger partial charge in [0.25, 0.3) is 0 Å². The van der Waals surface area contributed by atoms with E-state index in [1.165, 1.54) is 0 Å². The second-order valence-corrected chi connectivity index (χ2v) is 10.3. The lowest BCUT2D eigenvalue weighted by Crippen LogP contribution is -2.26. The summed E-state index contributed by atoms with van der Waals surface area (Å²) in [6, 6.07) is 17.6. The summed E-state index contributed by atoms with van der Waals surface area (Å²) >= 11 is 0. The lowest BCUT2D eigenvalue weighted by Gasteiger charge is -2.21. The van der Waals surface area contributed by atoms with Crippen molar-refractivity contribution in [2.24, 2.45) is 9.98 Å². The minimum absolute atomic E-state index is 0.0572. The van der Waals surface area contributed by atoms with Crippen LogP contribution in [-0.2, 0) is 0 Å². The van der Waals surface area contributed by atoms with E-state index in [1.807, 2.05) is 48.5 Å². The number of anilines is 2. The van der Waals surface area contributed by atoms with E-state index < -0.39 is 12.1 Å². The second-order valence-electron chi connectivity index (χ2n) is 10.3. The molecular formula is C34H38N8O4. The van der Waals surface area contributed by atoms with Crippen LogP contribution in [0.1, 0.15) is 51.7 Å². The standard InChI is InChI=1S/C34H38N8O4/c1-5-41(6-2)27-13-11-23-17-25(21-35)31(45-29(23)19-27)39-33(43)37-15-9-10-16-38-34(44)40-32-26(22-36)18-24-12-14-28(20-30(24)46-32)42(7-3)8-4/h11-14,17-20H,5-10,15-16H2,1-4H3,(H,37,43)(H,38,44)/b39-31+,40-32+. The lowest BCUT2D eigenvalue weighted by atomic mass is 10.1.